The normalized spacial score (nSPS) is 14.2. The van der Waals surface area contributed by atoms with Gasteiger partial charge in [0.25, 0.3) is 0 Å². The first-order valence-electron chi connectivity index (χ1n) is 8.15. The van der Waals surface area contributed by atoms with Gasteiger partial charge in [0, 0.05) is 24.2 Å². The minimum atomic E-state index is 0.850. The quantitative estimate of drug-likeness (QED) is 0.717. The molecule has 1 aliphatic heterocycles. The molecule has 0 atom stereocenters. The zero-order chi connectivity index (χ0) is 15.5. The van der Waals surface area contributed by atoms with Crippen LogP contribution in [0.2, 0.25) is 0 Å². The molecule has 1 saturated heterocycles. The van der Waals surface area contributed by atoms with Crippen LogP contribution in [0.3, 0.4) is 0 Å². The van der Waals surface area contributed by atoms with Gasteiger partial charge in [0.15, 0.2) is 0 Å². The van der Waals surface area contributed by atoms with Gasteiger partial charge in [-0.05, 0) is 18.9 Å². The standard InChI is InChI=1S/C20H19N3/c1-3-9-16(10-4-1)18-15-19(17-11-5-2-6-12-17)22-20(21-18)23-13-7-8-14-23/h1-6,9-12,15H,7-8,13-14H2. The zero-order valence-corrected chi connectivity index (χ0v) is 13.0. The van der Waals surface area contributed by atoms with Crippen molar-refractivity contribution < 1.29 is 0 Å². The van der Waals surface area contributed by atoms with Gasteiger partial charge in [-0.25, -0.2) is 9.97 Å². The lowest BCUT2D eigenvalue weighted by Gasteiger charge is -2.17. The van der Waals surface area contributed by atoms with E-state index >= 15 is 0 Å². The van der Waals surface area contributed by atoms with Crippen molar-refractivity contribution in [2.75, 3.05) is 18.0 Å². The number of rotatable bonds is 3. The summed E-state index contributed by atoms with van der Waals surface area (Å²) in [7, 11) is 0. The molecule has 0 spiro atoms. The number of aromatic nitrogens is 2. The van der Waals surface area contributed by atoms with Crippen LogP contribution < -0.4 is 4.90 Å². The Kier molecular flexibility index (Phi) is 3.76. The van der Waals surface area contributed by atoms with E-state index in [1.165, 1.54) is 12.8 Å². The predicted molar refractivity (Wildman–Crippen MR) is 94.4 cm³/mol. The maximum Gasteiger partial charge on any atom is 0.226 e. The summed E-state index contributed by atoms with van der Waals surface area (Å²) in [5.74, 6) is 0.850. The molecular formula is C20H19N3. The van der Waals surface area contributed by atoms with Gasteiger partial charge in [-0.2, -0.15) is 0 Å². The Morgan fingerprint density at radius 1 is 0.652 bits per heavy atom. The summed E-state index contributed by atoms with van der Waals surface area (Å²) in [5, 5.41) is 0. The minimum Gasteiger partial charge on any atom is -0.341 e. The molecule has 2 heterocycles. The van der Waals surface area contributed by atoms with Crippen molar-refractivity contribution in [1.29, 1.82) is 0 Å². The Morgan fingerprint density at radius 3 is 1.61 bits per heavy atom. The van der Waals surface area contributed by atoms with Gasteiger partial charge < -0.3 is 4.90 Å². The fraction of sp³-hybridized carbons (Fsp3) is 0.200. The Balaban J connectivity index is 1.84. The number of nitrogens with zero attached hydrogens (tertiary/aromatic N) is 3. The Labute approximate surface area is 136 Å². The maximum atomic E-state index is 4.83. The highest BCUT2D eigenvalue weighted by Gasteiger charge is 2.17. The van der Waals surface area contributed by atoms with Crippen molar-refractivity contribution in [3.63, 3.8) is 0 Å². The van der Waals surface area contributed by atoms with Gasteiger partial charge in [-0.15, -0.1) is 0 Å². The third-order valence-electron chi connectivity index (χ3n) is 4.24. The molecule has 4 rings (SSSR count). The van der Waals surface area contributed by atoms with Crippen LogP contribution in [0.1, 0.15) is 12.8 Å². The number of anilines is 1. The molecule has 2 aromatic carbocycles. The molecule has 114 valence electrons. The van der Waals surface area contributed by atoms with Crippen LogP contribution in [0.25, 0.3) is 22.5 Å². The van der Waals surface area contributed by atoms with E-state index in [1.54, 1.807) is 0 Å². The molecule has 0 amide bonds. The molecule has 0 saturated carbocycles. The second-order valence-electron chi connectivity index (χ2n) is 5.86. The summed E-state index contributed by atoms with van der Waals surface area (Å²) in [4.78, 5) is 11.9. The van der Waals surface area contributed by atoms with E-state index in [1.807, 2.05) is 12.1 Å². The largest absolute Gasteiger partial charge is 0.341 e. The third kappa shape index (κ3) is 2.95. The fourth-order valence-corrected chi connectivity index (χ4v) is 3.01. The van der Waals surface area contributed by atoms with E-state index in [9.17, 15) is 0 Å². The number of hydrogen-bond donors (Lipinski definition) is 0. The second-order valence-corrected chi connectivity index (χ2v) is 5.86. The molecule has 1 fully saturated rings. The van der Waals surface area contributed by atoms with E-state index in [4.69, 9.17) is 9.97 Å². The molecule has 1 aromatic heterocycles. The Bertz CT molecular complexity index is 721. The van der Waals surface area contributed by atoms with Gasteiger partial charge in [0.2, 0.25) is 5.95 Å². The van der Waals surface area contributed by atoms with Crippen molar-refractivity contribution in [1.82, 2.24) is 9.97 Å². The summed E-state index contributed by atoms with van der Waals surface area (Å²) in [5.41, 5.74) is 4.24. The van der Waals surface area contributed by atoms with Gasteiger partial charge in [0.05, 0.1) is 11.4 Å². The van der Waals surface area contributed by atoms with Gasteiger partial charge in [-0.3, -0.25) is 0 Å². The smallest absolute Gasteiger partial charge is 0.226 e. The molecule has 3 heteroatoms. The molecule has 0 aliphatic carbocycles. The van der Waals surface area contributed by atoms with Crippen LogP contribution in [0, 0.1) is 0 Å². The summed E-state index contributed by atoms with van der Waals surface area (Å²) >= 11 is 0. The maximum absolute atomic E-state index is 4.83. The lowest BCUT2D eigenvalue weighted by atomic mass is 10.1. The first kappa shape index (κ1) is 13.9. The highest BCUT2D eigenvalue weighted by Crippen LogP contribution is 2.27. The molecule has 3 nitrogen and oxygen atoms in total. The van der Waals surface area contributed by atoms with Crippen molar-refractivity contribution in [2.24, 2.45) is 0 Å². The average molecular weight is 301 g/mol. The predicted octanol–water partition coefficient (Wildman–Crippen LogP) is 4.41. The van der Waals surface area contributed by atoms with E-state index in [2.05, 4.69) is 59.5 Å². The van der Waals surface area contributed by atoms with Gasteiger partial charge in [0.1, 0.15) is 0 Å². The van der Waals surface area contributed by atoms with E-state index in [-0.39, 0.29) is 0 Å². The van der Waals surface area contributed by atoms with Crippen LogP contribution in [0.5, 0.6) is 0 Å². The topological polar surface area (TPSA) is 29.0 Å². The molecular weight excluding hydrogens is 282 g/mol. The number of hydrogen-bond acceptors (Lipinski definition) is 3. The molecule has 23 heavy (non-hydrogen) atoms. The molecule has 0 radical (unpaired) electrons. The van der Waals surface area contributed by atoms with Crippen LogP contribution in [0.15, 0.2) is 66.7 Å². The third-order valence-corrected chi connectivity index (χ3v) is 4.24. The van der Waals surface area contributed by atoms with Gasteiger partial charge >= 0.3 is 0 Å². The number of benzene rings is 2. The second kappa shape index (κ2) is 6.21. The summed E-state index contributed by atoms with van der Waals surface area (Å²) < 4.78 is 0. The first-order chi connectivity index (χ1) is 11.4. The summed E-state index contributed by atoms with van der Waals surface area (Å²) in [6.07, 6.45) is 2.44. The van der Waals surface area contributed by atoms with Crippen molar-refractivity contribution >= 4 is 5.95 Å². The monoisotopic (exact) mass is 301 g/mol. The highest BCUT2D eigenvalue weighted by molar-refractivity contribution is 5.69. The molecule has 3 aromatic rings. The van der Waals surface area contributed by atoms with E-state index in [0.29, 0.717) is 0 Å². The SMILES string of the molecule is c1ccc(-c2cc(-c3ccccc3)nc(N3CCCC3)n2)cc1. The minimum absolute atomic E-state index is 0.850. The van der Waals surface area contributed by atoms with Crippen LogP contribution in [-0.4, -0.2) is 23.1 Å². The summed E-state index contributed by atoms with van der Waals surface area (Å²) in [6, 6.07) is 22.8. The fourth-order valence-electron chi connectivity index (χ4n) is 3.01. The zero-order valence-electron chi connectivity index (χ0n) is 13.0. The average Bonchev–Trinajstić information content (AvgIpc) is 3.18. The van der Waals surface area contributed by atoms with Gasteiger partial charge in [-0.1, -0.05) is 60.7 Å². The van der Waals surface area contributed by atoms with Crippen LogP contribution >= 0.6 is 0 Å². The Hall–Kier alpha value is -2.68. The van der Waals surface area contributed by atoms with E-state index in [0.717, 1.165) is 41.6 Å². The lowest BCUT2D eigenvalue weighted by Crippen LogP contribution is -2.20. The Morgan fingerprint density at radius 2 is 1.13 bits per heavy atom. The van der Waals surface area contributed by atoms with Crippen molar-refractivity contribution in [2.45, 2.75) is 12.8 Å². The highest BCUT2D eigenvalue weighted by atomic mass is 15.3. The molecule has 0 unspecified atom stereocenters. The first-order valence-corrected chi connectivity index (χ1v) is 8.15. The molecule has 0 N–H and O–H groups in total. The van der Waals surface area contributed by atoms with Crippen molar-refractivity contribution in [3.05, 3.63) is 66.7 Å². The summed E-state index contributed by atoms with van der Waals surface area (Å²) in [6.45, 7) is 2.10. The van der Waals surface area contributed by atoms with Crippen LogP contribution in [0.4, 0.5) is 5.95 Å². The molecule has 1 aliphatic rings. The van der Waals surface area contributed by atoms with Crippen LogP contribution in [-0.2, 0) is 0 Å². The van der Waals surface area contributed by atoms with E-state index < -0.39 is 0 Å². The molecule has 0 bridgehead atoms. The van der Waals surface area contributed by atoms with Crippen molar-refractivity contribution in [3.8, 4) is 22.5 Å². The lowest BCUT2D eigenvalue weighted by molar-refractivity contribution is 0.902.